The van der Waals surface area contributed by atoms with Crippen molar-refractivity contribution < 1.29 is 4.74 Å². The molecule has 0 aliphatic carbocycles. The number of aromatic nitrogens is 2. The van der Waals surface area contributed by atoms with E-state index >= 15 is 0 Å². The molecule has 3 nitrogen and oxygen atoms in total. The lowest BCUT2D eigenvalue weighted by Crippen LogP contribution is -1.91. The van der Waals surface area contributed by atoms with Crippen molar-refractivity contribution in [3.63, 3.8) is 0 Å². The minimum Gasteiger partial charge on any atom is -0.495 e. The van der Waals surface area contributed by atoms with E-state index in [4.69, 9.17) is 16.3 Å². The van der Waals surface area contributed by atoms with Gasteiger partial charge in [0.15, 0.2) is 0 Å². The summed E-state index contributed by atoms with van der Waals surface area (Å²) in [7, 11) is 1.60. The number of rotatable bonds is 2. The summed E-state index contributed by atoms with van der Waals surface area (Å²) in [6.07, 6.45) is 5.30. The summed E-state index contributed by atoms with van der Waals surface area (Å²) in [6, 6.07) is 5.59. The summed E-state index contributed by atoms with van der Waals surface area (Å²) in [5, 5.41) is 0.596. The molecule has 0 bridgehead atoms. The molecule has 1 aromatic heterocycles. The van der Waals surface area contributed by atoms with Gasteiger partial charge in [0.05, 0.1) is 18.5 Å². The summed E-state index contributed by atoms with van der Waals surface area (Å²) >= 11 is 5.99. The first-order chi connectivity index (χ1) is 6.81. The Kier molecular flexibility index (Phi) is 2.41. The van der Waals surface area contributed by atoms with E-state index in [-0.39, 0.29) is 0 Å². The molecular weight excluding hydrogens is 200 g/mol. The fourth-order valence-electron chi connectivity index (χ4n) is 1.23. The van der Waals surface area contributed by atoms with E-state index in [1.807, 2.05) is 29.0 Å². The Balaban J connectivity index is 2.43. The maximum absolute atomic E-state index is 5.99. The molecular formula is C10H9ClN2O. The Morgan fingerprint density at radius 2 is 2.29 bits per heavy atom. The molecule has 2 aromatic rings. The summed E-state index contributed by atoms with van der Waals surface area (Å²) in [5.41, 5.74) is 0.966. The van der Waals surface area contributed by atoms with Gasteiger partial charge in [-0.05, 0) is 18.2 Å². The lowest BCUT2D eigenvalue weighted by Gasteiger charge is -2.06. The molecule has 0 amide bonds. The Morgan fingerprint density at radius 3 is 2.86 bits per heavy atom. The van der Waals surface area contributed by atoms with E-state index in [9.17, 15) is 0 Å². The third-order valence-electron chi connectivity index (χ3n) is 1.94. The normalized spacial score (nSPS) is 10.1. The number of methoxy groups -OCH3 is 1. The van der Waals surface area contributed by atoms with Gasteiger partial charge in [0, 0.05) is 18.1 Å². The van der Waals surface area contributed by atoms with Crippen LogP contribution in [0, 0.1) is 0 Å². The van der Waals surface area contributed by atoms with E-state index in [1.54, 1.807) is 19.6 Å². The smallest absolute Gasteiger partial charge is 0.137 e. The van der Waals surface area contributed by atoms with Crippen LogP contribution in [-0.4, -0.2) is 16.7 Å². The molecule has 1 aromatic carbocycles. The summed E-state index contributed by atoms with van der Waals surface area (Å²) in [6.45, 7) is 0. The zero-order chi connectivity index (χ0) is 9.97. The minimum absolute atomic E-state index is 0.596. The average Bonchev–Trinajstić information content (AvgIpc) is 2.70. The Bertz CT molecular complexity index is 426. The Hall–Kier alpha value is -1.48. The zero-order valence-corrected chi connectivity index (χ0v) is 8.40. The summed E-state index contributed by atoms with van der Waals surface area (Å²) in [4.78, 5) is 3.96. The van der Waals surface area contributed by atoms with Gasteiger partial charge in [0.25, 0.3) is 0 Å². The molecule has 0 fully saturated rings. The highest BCUT2D eigenvalue weighted by Crippen LogP contribution is 2.26. The first kappa shape index (κ1) is 9.09. The van der Waals surface area contributed by atoms with Crippen molar-refractivity contribution in [3.05, 3.63) is 41.9 Å². The van der Waals surface area contributed by atoms with E-state index in [0.29, 0.717) is 10.8 Å². The van der Waals surface area contributed by atoms with Crippen LogP contribution >= 0.6 is 11.6 Å². The second kappa shape index (κ2) is 3.72. The van der Waals surface area contributed by atoms with Crippen LogP contribution in [0.25, 0.3) is 5.69 Å². The number of ether oxygens (including phenoxy) is 1. The van der Waals surface area contributed by atoms with E-state index in [2.05, 4.69) is 4.98 Å². The molecule has 14 heavy (non-hydrogen) atoms. The zero-order valence-electron chi connectivity index (χ0n) is 7.64. The predicted molar refractivity (Wildman–Crippen MR) is 55.1 cm³/mol. The molecule has 0 radical (unpaired) electrons. The number of imidazole rings is 1. The van der Waals surface area contributed by atoms with Crippen molar-refractivity contribution in [1.29, 1.82) is 0 Å². The molecule has 0 N–H and O–H groups in total. The van der Waals surface area contributed by atoms with Gasteiger partial charge >= 0.3 is 0 Å². The van der Waals surface area contributed by atoms with Crippen molar-refractivity contribution in [1.82, 2.24) is 9.55 Å². The molecule has 4 heteroatoms. The highest BCUT2D eigenvalue weighted by atomic mass is 35.5. The molecule has 0 atom stereocenters. The Morgan fingerprint density at radius 1 is 1.43 bits per heavy atom. The van der Waals surface area contributed by atoms with Crippen LogP contribution in [0.2, 0.25) is 5.02 Å². The minimum atomic E-state index is 0.596. The second-order valence-corrected chi connectivity index (χ2v) is 3.20. The predicted octanol–water partition coefficient (Wildman–Crippen LogP) is 2.53. The van der Waals surface area contributed by atoms with Crippen molar-refractivity contribution in [2.45, 2.75) is 0 Å². The molecule has 72 valence electrons. The number of benzene rings is 1. The molecule has 0 spiro atoms. The third kappa shape index (κ3) is 1.59. The maximum Gasteiger partial charge on any atom is 0.137 e. The van der Waals surface area contributed by atoms with Crippen LogP contribution in [0.5, 0.6) is 5.75 Å². The molecule has 0 unspecified atom stereocenters. The largest absolute Gasteiger partial charge is 0.495 e. The van der Waals surface area contributed by atoms with Crippen LogP contribution in [-0.2, 0) is 0 Å². The fraction of sp³-hybridized carbons (Fsp3) is 0.100. The summed E-state index contributed by atoms with van der Waals surface area (Å²) < 4.78 is 6.94. The topological polar surface area (TPSA) is 27.1 Å². The van der Waals surface area contributed by atoms with Gasteiger partial charge in [-0.2, -0.15) is 0 Å². The number of hydrogen-bond donors (Lipinski definition) is 0. The van der Waals surface area contributed by atoms with Crippen LogP contribution < -0.4 is 4.74 Å². The monoisotopic (exact) mass is 208 g/mol. The summed E-state index contributed by atoms with van der Waals surface area (Å²) in [5.74, 6) is 0.676. The molecule has 0 saturated carbocycles. The van der Waals surface area contributed by atoms with E-state index in [1.165, 1.54) is 0 Å². The van der Waals surface area contributed by atoms with E-state index < -0.39 is 0 Å². The van der Waals surface area contributed by atoms with Crippen LogP contribution in [0.1, 0.15) is 0 Å². The molecule has 0 saturated heterocycles. The van der Waals surface area contributed by atoms with Gasteiger partial charge in [0.1, 0.15) is 5.75 Å². The van der Waals surface area contributed by atoms with Crippen LogP contribution in [0.3, 0.4) is 0 Å². The van der Waals surface area contributed by atoms with Crippen LogP contribution in [0.15, 0.2) is 36.9 Å². The number of hydrogen-bond acceptors (Lipinski definition) is 2. The average molecular weight is 209 g/mol. The lowest BCUT2D eigenvalue weighted by molar-refractivity contribution is 0.415. The Labute approximate surface area is 86.9 Å². The molecule has 1 heterocycles. The van der Waals surface area contributed by atoms with Crippen LogP contribution in [0.4, 0.5) is 0 Å². The van der Waals surface area contributed by atoms with Crippen molar-refractivity contribution in [2.75, 3.05) is 7.11 Å². The van der Waals surface area contributed by atoms with E-state index in [0.717, 1.165) is 5.69 Å². The molecule has 0 aliphatic heterocycles. The number of nitrogens with zero attached hydrogens (tertiary/aromatic N) is 2. The van der Waals surface area contributed by atoms with Gasteiger partial charge in [-0.3, -0.25) is 0 Å². The van der Waals surface area contributed by atoms with Gasteiger partial charge in [-0.25, -0.2) is 4.98 Å². The highest BCUT2D eigenvalue weighted by Gasteiger charge is 2.02. The highest BCUT2D eigenvalue weighted by molar-refractivity contribution is 6.32. The first-order valence-corrected chi connectivity index (χ1v) is 4.51. The molecule has 2 rings (SSSR count). The van der Waals surface area contributed by atoms with Crippen molar-refractivity contribution in [3.8, 4) is 11.4 Å². The first-order valence-electron chi connectivity index (χ1n) is 4.13. The van der Waals surface area contributed by atoms with Gasteiger partial charge in [-0.1, -0.05) is 11.6 Å². The standard InChI is InChI=1S/C10H9ClN2O/c1-14-10-3-2-8(6-9(10)11)13-5-4-12-7-13/h2-7H,1H3. The van der Waals surface area contributed by atoms with Crippen molar-refractivity contribution in [2.24, 2.45) is 0 Å². The number of halogens is 1. The van der Waals surface area contributed by atoms with Gasteiger partial charge in [-0.15, -0.1) is 0 Å². The van der Waals surface area contributed by atoms with Gasteiger partial charge < -0.3 is 9.30 Å². The molecule has 0 aliphatic rings. The lowest BCUT2D eigenvalue weighted by atomic mass is 10.3. The maximum atomic E-state index is 5.99. The third-order valence-corrected chi connectivity index (χ3v) is 2.23. The second-order valence-electron chi connectivity index (χ2n) is 2.79. The SMILES string of the molecule is COc1ccc(-n2ccnc2)cc1Cl. The van der Waals surface area contributed by atoms with Crippen molar-refractivity contribution >= 4 is 11.6 Å². The fourth-order valence-corrected chi connectivity index (χ4v) is 1.48. The van der Waals surface area contributed by atoms with Gasteiger partial charge in [0.2, 0.25) is 0 Å². The quantitative estimate of drug-likeness (QED) is 0.759.